The monoisotopic (exact) mass is 280 g/mol. The van der Waals surface area contributed by atoms with Crippen LogP contribution < -0.4 is 0 Å². The molecule has 1 aromatic carbocycles. The molecule has 1 aromatic heterocycles. The minimum Gasteiger partial charge on any atom is -0.476 e. The van der Waals surface area contributed by atoms with E-state index in [0.717, 1.165) is 11.3 Å². The van der Waals surface area contributed by atoms with Gasteiger partial charge in [0.1, 0.15) is 0 Å². The maximum Gasteiger partial charge on any atom is 0.356 e. The summed E-state index contributed by atoms with van der Waals surface area (Å²) in [6.45, 7) is 1.75. The first kappa shape index (κ1) is 13.6. The lowest BCUT2D eigenvalue weighted by molar-refractivity contribution is 0.0688. The highest BCUT2D eigenvalue weighted by molar-refractivity contribution is 6.30. The first-order valence-corrected chi connectivity index (χ1v) is 6.10. The van der Waals surface area contributed by atoms with E-state index >= 15 is 0 Å². The molecule has 6 heteroatoms. The largest absolute Gasteiger partial charge is 0.476 e. The van der Waals surface area contributed by atoms with Gasteiger partial charge in [-0.1, -0.05) is 11.6 Å². The van der Waals surface area contributed by atoms with Crippen molar-refractivity contribution < 1.29 is 15.0 Å². The third-order valence-electron chi connectivity index (χ3n) is 2.78. The van der Waals surface area contributed by atoms with Crippen LogP contribution >= 0.6 is 11.6 Å². The Morgan fingerprint density at radius 3 is 2.79 bits per heavy atom. The second-order valence-corrected chi connectivity index (χ2v) is 4.59. The minimum absolute atomic E-state index is 0.0385. The van der Waals surface area contributed by atoms with Gasteiger partial charge in [0, 0.05) is 23.4 Å². The molecule has 5 nitrogen and oxygen atoms in total. The normalized spacial score (nSPS) is 10.7. The Morgan fingerprint density at radius 2 is 2.21 bits per heavy atom. The van der Waals surface area contributed by atoms with Crippen LogP contribution in [0.1, 0.15) is 21.6 Å². The van der Waals surface area contributed by atoms with Crippen molar-refractivity contribution in [3.05, 3.63) is 46.2 Å². The number of aliphatic hydroxyl groups is 1. The van der Waals surface area contributed by atoms with Gasteiger partial charge in [-0.3, -0.25) is 0 Å². The van der Waals surface area contributed by atoms with Crippen LogP contribution in [0.3, 0.4) is 0 Å². The number of nitrogens with zero attached hydrogens (tertiary/aromatic N) is 2. The van der Waals surface area contributed by atoms with Crippen LogP contribution in [-0.4, -0.2) is 32.6 Å². The summed E-state index contributed by atoms with van der Waals surface area (Å²) < 4.78 is 1.50. The van der Waals surface area contributed by atoms with Crippen LogP contribution in [-0.2, 0) is 6.42 Å². The van der Waals surface area contributed by atoms with Crippen molar-refractivity contribution in [1.29, 1.82) is 0 Å². The smallest absolute Gasteiger partial charge is 0.356 e. The molecule has 0 saturated carbocycles. The minimum atomic E-state index is -1.10. The third-order valence-corrected chi connectivity index (χ3v) is 3.01. The van der Waals surface area contributed by atoms with Gasteiger partial charge in [-0.2, -0.15) is 5.10 Å². The third kappa shape index (κ3) is 2.77. The predicted octanol–water partition coefficient (Wildman–Crippen LogP) is 2.07. The first-order chi connectivity index (χ1) is 9.02. The van der Waals surface area contributed by atoms with E-state index < -0.39 is 5.97 Å². The summed E-state index contributed by atoms with van der Waals surface area (Å²) in [4.78, 5) is 11.1. The zero-order valence-corrected chi connectivity index (χ0v) is 11.1. The Balaban J connectivity index is 2.50. The Hall–Kier alpha value is -1.85. The highest BCUT2D eigenvalue weighted by Crippen LogP contribution is 2.20. The Morgan fingerprint density at radius 1 is 1.47 bits per heavy atom. The van der Waals surface area contributed by atoms with Crippen LogP contribution in [0.15, 0.2) is 24.4 Å². The van der Waals surface area contributed by atoms with Crippen molar-refractivity contribution in [3.63, 3.8) is 0 Å². The predicted molar refractivity (Wildman–Crippen MR) is 71.1 cm³/mol. The molecule has 0 radical (unpaired) electrons. The molecule has 0 aliphatic rings. The molecule has 0 aliphatic carbocycles. The summed E-state index contributed by atoms with van der Waals surface area (Å²) in [6.07, 6.45) is 1.88. The number of hydrogen-bond acceptors (Lipinski definition) is 3. The molecule has 1 heterocycles. The molecule has 2 rings (SSSR count). The zero-order valence-electron chi connectivity index (χ0n) is 10.3. The molecule has 100 valence electrons. The van der Waals surface area contributed by atoms with Gasteiger partial charge in [-0.25, -0.2) is 9.48 Å². The molecule has 0 fully saturated rings. The lowest BCUT2D eigenvalue weighted by Gasteiger charge is -2.05. The first-order valence-electron chi connectivity index (χ1n) is 5.72. The molecule has 0 bridgehead atoms. The fraction of sp³-hybridized carbons (Fsp3) is 0.231. The van der Waals surface area contributed by atoms with E-state index in [9.17, 15) is 4.79 Å². The number of aryl methyl sites for hydroxylation is 1. The fourth-order valence-electron chi connectivity index (χ4n) is 1.89. The van der Waals surface area contributed by atoms with Crippen LogP contribution in [0.2, 0.25) is 5.02 Å². The van der Waals surface area contributed by atoms with Crippen molar-refractivity contribution >= 4 is 17.6 Å². The van der Waals surface area contributed by atoms with E-state index in [-0.39, 0.29) is 18.7 Å². The van der Waals surface area contributed by atoms with Crippen molar-refractivity contribution in [2.45, 2.75) is 13.3 Å². The highest BCUT2D eigenvalue weighted by atomic mass is 35.5. The average Bonchev–Trinajstić information content (AvgIpc) is 2.73. The molecule has 2 N–H and O–H groups in total. The van der Waals surface area contributed by atoms with Gasteiger partial charge in [0.2, 0.25) is 0 Å². The molecular formula is C13H13ClN2O3. The van der Waals surface area contributed by atoms with Crippen molar-refractivity contribution in [2.75, 3.05) is 6.61 Å². The number of carboxylic acids is 1. The topological polar surface area (TPSA) is 75.4 Å². The Bertz CT molecular complexity index is 622. The van der Waals surface area contributed by atoms with Gasteiger partial charge in [-0.05, 0) is 37.1 Å². The molecule has 0 atom stereocenters. The molecule has 2 aromatic rings. The number of aliphatic hydroxyl groups excluding tert-OH is 1. The second kappa shape index (κ2) is 5.42. The number of aromatic carboxylic acids is 1. The summed E-state index contributed by atoms with van der Waals surface area (Å²) in [6, 6.07) is 5.28. The SMILES string of the molecule is Cc1cc(Cl)ccc1-n1cc(CCO)c(C(=O)O)n1. The van der Waals surface area contributed by atoms with E-state index in [1.54, 1.807) is 24.4 Å². The van der Waals surface area contributed by atoms with Crippen molar-refractivity contribution in [1.82, 2.24) is 9.78 Å². The zero-order chi connectivity index (χ0) is 14.0. The number of carboxylic acid groups (broad SMARTS) is 1. The van der Waals surface area contributed by atoms with Crippen LogP contribution in [0.25, 0.3) is 5.69 Å². The maximum atomic E-state index is 11.1. The molecule has 0 saturated heterocycles. The van der Waals surface area contributed by atoms with Gasteiger partial charge >= 0.3 is 5.97 Å². The van der Waals surface area contributed by atoms with E-state index in [4.69, 9.17) is 21.8 Å². The van der Waals surface area contributed by atoms with E-state index in [1.807, 2.05) is 6.92 Å². The Kier molecular flexibility index (Phi) is 3.87. The van der Waals surface area contributed by atoms with Gasteiger partial charge in [-0.15, -0.1) is 0 Å². The number of halogens is 1. The maximum absolute atomic E-state index is 11.1. The molecule has 19 heavy (non-hydrogen) atoms. The summed E-state index contributed by atoms with van der Waals surface area (Å²) in [7, 11) is 0. The van der Waals surface area contributed by atoms with Gasteiger partial charge in [0.25, 0.3) is 0 Å². The molecule has 0 unspecified atom stereocenters. The van der Waals surface area contributed by atoms with Crippen LogP contribution in [0.5, 0.6) is 0 Å². The van der Waals surface area contributed by atoms with E-state index in [1.165, 1.54) is 4.68 Å². The van der Waals surface area contributed by atoms with Crippen molar-refractivity contribution in [2.24, 2.45) is 0 Å². The van der Waals surface area contributed by atoms with Gasteiger partial charge in [0.05, 0.1) is 5.69 Å². The van der Waals surface area contributed by atoms with E-state index in [0.29, 0.717) is 10.6 Å². The summed E-state index contributed by atoms with van der Waals surface area (Å²) in [5.74, 6) is -1.10. The summed E-state index contributed by atoms with van der Waals surface area (Å²) in [5.41, 5.74) is 2.12. The number of aromatic nitrogens is 2. The average molecular weight is 281 g/mol. The van der Waals surface area contributed by atoms with Gasteiger partial charge in [0.15, 0.2) is 5.69 Å². The molecule has 0 aliphatic heterocycles. The Labute approximate surface area is 115 Å². The summed E-state index contributed by atoms with van der Waals surface area (Å²) >= 11 is 5.88. The van der Waals surface area contributed by atoms with Crippen molar-refractivity contribution in [3.8, 4) is 5.69 Å². The number of benzene rings is 1. The molecule has 0 amide bonds. The lowest BCUT2D eigenvalue weighted by atomic mass is 10.2. The van der Waals surface area contributed by atoms with Crippen LogP contribution in [0, 0.1) is 6.92 Å². The number of rotatable bonds is 4. The number of carbonyl (C=O) groups is 1. The number of hydrogen-bond donors (Lipinski definition) is 2. The molecular weight excluding hydrogens is 268 g/mol. The highest BCUT2D eigenvalue weighted by Gasteiger charge is 2.16. The lowest BCUT2D eigenvalue weighted by Crippen LogP contribution is -2.04. The quantitative estimate of drug-likeness (QED) is 0.899. The molecule has 0 spiro atoms. The summed E-state index contributed by atoms with van der Waals surface area (Å²) in [5, 5.41) is 22.7. The van der Waals surface area contributed by atoms with E-state index in [2.05, 4.69) is 5.10 Å². The van der Waals surface area contributed by atoms with Gasteiger partial charge < -0.3 is 10.2 Å². The fourth-order valence-corrected chi connectivity index (χ4v) is 2.12. The second-order valence-electron chi connectivity index (χ2n) is 4.16. The van der Waals surface area contributed by atoms with Crippen LogP contribution in [0.4, 0.5) is 0 Å². The standard InChI is InChI=1S/C13H13ClN2O3/c1-8-6-10(14)2-3-11(8)16-7-9(4-5-17)12(15-16)13(18)19/h2-3,6-7,17H,4-5H2,1H3,(H,18,19).